The van der Waals surface area contributed by atoms with Crippen LogP contribution in [-0.2, 0) is 6.54 Å². The maximum Gasteiger partial charge on any atom is 0.269 e. The summed E-state index contributed by atoms with van der Waals surface area (Å²) in [5, 5.41) is 21.0. The second kappa shape index (κ2) is 6.93. The van der Waals surface area contributed by atoms with Crippen molar-refractivity contribution in [3.05, 3.63) is 64.1 Å². The maximum absolute atomic E-state index is 10.7. The van der Waals surface area contributed by atoms with Crippen molar-refractivity contribution in [3.63, 3.8) is 0 Å². The van der Waals surface area contributed by atoms with Crippen LogP contribution >= 0.6 is 0 Å². The summed E-state index contributed by atoms with van der Waals surface area (Å²) in [5.41, 5.74) is 1.16. The molecule has 2 atom stereocenters. The van der Waals surface area contributed by atoms with Gasteiger partial charge in [-0.15, -0.1) is 0 Å². The number of furan rings is 1. The predicted octanol–water partition coefficient (Wildman–Crippen LogP) is 3.28. The minimum absolute atomic E-state index is 0.111. The Kier molecular flexibility index (Phi) is 4.73. The first-order valence-electron chi connectivity index (χ1n) is 7.82. The highest BCUT2D eigenvalue weighted by molar-refractivity contribution is 5.32. The SMILES string of the molecule is O=[N+]([O-])c1ccc(CN2CCCC2CC(O)c2ccco2)cc1. The molecule has 1 saturated heterocycles. The van der Waals surface area contributed by atoms with Gasteiger partial charge in [0.15, 0.2) is 0 Å². The Hall–Kier alpha value is -2.18. The van der Waals surface area contributed by atoms with Gasteiger partial charge in [-0.25, -0.2) is 0 Å². The Morgan fingerprint density at radius 2 is 2.13 bits per heavy atom. The van der Waals surface area contributed by atoms with Gasteiger partial charge in [0.2, 0.25) is 0 Å². The third kappa shape index (κ3) is 3.78. The largest absolute Gasteiger partial charge is 0.467 e. The van der Waals surface area contributed by atoms with Crippen molar-refractivity contribution >= 4 is 5.69 Å². The molecule has 0 spiro atoms. The molecule has 2 unspecified atom stereocenters. The fraction of sp³-hybridized carbons (Fsp3) is 0.412. The van der Waals surface area contributed by atoms with Crippen LogP contribution in [0, 0.1) is 10.1 Å². The molecule has 0 amide bonds. The molecule has 1 aromatic heterocycles. The predicted molar refractivity (Wildman–Crippen MR) is 84.8 cm³/mol. The fourth-order valence-corrected chi connectivity index (χ4v) is 3.18. The van der Waals surface area contributed by atoms with Crippen LogP contribution in [0.5, 0.6) is 0 Å². The van der Waals surface area contributed by atoms with E-state index in [2.05, 4.69) is 4.90 Å². The summed E-state index contributed by atoms with van der Waals surface area (Å²) in [4.78, 5) is 12.6. The summed E-state index contributed by atoms with van der Waals surface area (Å²) < 4.78 is 5.26. The Balaban J connectivity index is 1.61. The van der Waals surface area contributed by atoms with Gasteiger partial charge in [-0.3, -0.25) is 15.0 Å². The Bertz CT molecular complexity index is 639. The molecule has 3 rings (SSSR count). The zero-order valence-electron chi connectivity index (χ0n) is 12.8. The Morgan fingerprint density at radius 1 is 1.35 bits per heavy atom. The van der Waals surface area contributed by atoms with Gasteiger partial charge in [0.1, 0.15) is 11.9 Å². The number of aliphatic hydroxyl groups excluding tert-OH is 1. The van der Waals surface area contributed by atoms with Gasteiger partial charge in [0.25, 0.3) is 5.69 Å². The van der Waals surface area contributed by atoms with Gasteiger partial charge >= 0.3 is 0 Å². The van der Waals surface area contributed by atoms with E-state index in [9.17, 15) is 15.2 Å². The lowest BCUT2D eigenvalue weighted by Crippen LogP contribution is -2.30. The van der Waals surface area contributed by atoms with E-state index in [0.29, 0.717) is 18.2 Å². The van der Waals surface area contributed by atoms with Crippen LogP contribution in [0.4, 0.5) is 5.69 Å². The van der Waals surface area contributed by atoms with Gasteiger partial charge < -0.3 is 9.52 Å². The number of benzene rings is 1. The van der Waals surface area contributed by atoms with Gasteiger partial charge in [0, 0.05) is 24.7 Å². The number of hydrogen-bond acceptors (Lipinski definition) is 5. The first-order chi connectivity index (χ1) is 11.1. The van der Waals surface area contributed by atoms with Crippen molar-refractivity contribution < 1.29 is 14.4 Å². The lowest BCUT2D eigenvalue weighted by Gasteiger charge is -2.26. The highest BCUT2D eigenvalue weighted by atomic mass is 16.6. The molecule has 2 heterocycles. The van der Waals surface area contributed by atoms with Crippen molar-refractivity contribution in [3.8, 4) is 0 Å². The number of rotatable bonds is 6. The Labute approximate surface area is 134 Å². The number of non-ortho nitro benzene ring substituents is 1. The summed E-state index contributed by atoms with van der Waals surface area (Å²) in [7, 11) is 0. The molecule has 0 radical (unpaired) electrons. The van der Waals surface area contributed by atoms with Gasteiger partial charge in [0.05, 0.1) is 11.2 Å². The molecular weight excluding hydrogens is 296 g/mol. The average molecular weight is 316 g/mol. The third-order valence-corrected chi connectivity index (χ3v) is 4.40. The molecule has 1 aliphatic heterocycles. The van der Waals surface area contributed by atoms with Crippen LogP contribution in [-0.4, -0.2) is 27.5 Å². The molecule has 23 heavy (non-hydrogen) atoms. The highest BCUT2D eigenvalue weighted by Crippen LogP contribution is 2.29. The molecule has 1 N–H and O–H groups in total. The van der Waals surface area contributed by atoms with Crippen LogP contribution in [0.25, 0.3) is 0 Å². The molecule has 122 valence electrons. The van der Waals surface area contributed by atoms with Crippen molar-refractivity contribution in [2.75, 3.05) is 6.54 Å². The molecule has 6 heteroatoms. The summed E-state index contributed by atoms with van der Waals surface area (Å²) in [6.07, 6.45) is 3.77. The van der Waals surface area contributed by atoms with E-state index in [1.54, 1.807) is 30.5 Å². The number of hydrogen-bond donors (Lipinski definition) is 1. The molecule has 0 saturated carbocycles. The highest BCUT2D eigenvalue weighted by Gasteiger charge is 2.28. The zero-order valence-corrected chi connectivity index (χ0v) is 12.8. The number of nitro benzene ring substituents is 1. The monoisotopic (exact) mass is 316 g/mol. The normalized spacial score (nSPS) is 19.8. The molecule has 0 bridgehead atoms. The van der Waals surface area contributed by atoms with Crippen molar-refractivity contribution in [1.29, 1.82) is 0 Å². The van der Waals surface area contributed by atoms with E-state index in [1.165, 1.54) is 12.1 Å². The lowest BCUT2D eigenvalue weighted by molar-refractivity contribution is -0.384. The Morgan fingerprint density at radius 3 is 2.78 bits per heavy atom. The second-order valence-electron chi connectivity index (χ2n) is 5.96. The summed E-state index contributed by atoms with van der Waals surface area (Å²) in [6, 6.07) is 10.6. The van der Waals surface area contributed by atoms with E-state index in [1.807, 2.05) is 0 Å². The van der Waals surface area contributed by atoms with Crippen LogP contribution in [0.3, 0.4) is 0 Å². The van der Waals surface area contributed by atoms with Crippen LogP contribution in [0.1, 0.15) is 36.7 Å². The zero-order chi connectivity index (χ0) is 16.2. The summed E-state index contributed by atoms with van der Waals surface area (Å²) >= 11 is 0. The molecule has 1 fully saturated rings. The quantitative estimate of drug-likeness (QED) is 0.653. The standard InChI is InChI=1S/C17H20N2O4/c20-16(17-4-2-10-23-17)11-15-3-1-9-18(15)12-13-5-7-14(8-6-13)19(21)22/h2,4-8,10,15-16,20H,1,3,9,11-12H2. The molecule has 1 aromatic carbocycles. The average Bonchev–Trinajstić information content (AvgIpc) is 3.20. The van der Waals surface area contributed by atoms with Gasteiger partial charge in [-0.05, 0) is 43.5 Å². The topological polar surface area (TPSA) is 79.8 Å². The fourth-order valence-electron chi connectivity index (χ4n) is 3.18. The number of likely N-dealkylation sites (tertiary alicyclic amines) is 1. The van der Waals surface area contributed by atoms with Crippen molar-refractivity contribution in [1.82, 2.24) is 4.90 Å². The summed E-state index contributed by atoms with van der Waals surface area (Å²) in [6.45, 7) is 1.72. The molecule has 6 nitrogen and oxygen atoms in total. The molecule has 0 aliphatic carbocycles. The number of nitro groups is 1. The van der Waals surface area contributed by atoms with Crippen LogP contribution < -0.4 is 0 Å². The van der Waals surface area contributed by atoms with Crippen LogP contribution in [0.15, 0.2) is 47.1 Å². The van der Waals surface area contributed by atoms with E-state index in [0.717, 1.165) is 31.5 Å². The van der Waals surface area contributed by atoms with Crippen LogP contribution in [0.2, 0.25) is 0 Å². The lowest BCUT2D eigenvalue weighted by atomic mass is 10.0. The minimum Gasteiger partial charge on any atom is -0.467 e. The molecule has 1 aliphatic rings. The number of aliphatic hydroxyl groups is 1. The number of nitrogens with zero attached hydrogens (tertiary/aromatic N) is 2. The van der Waals surface area contributed by atoms with E-state index in [4.69, 9.17) is 4.42 Å². The first kappa shape index (κ1) is 15.7. The van der Waals surface area contributed by atoms with Gasteiger partial charge in [-0.2, -0.15) is 0 Å². The van der Waals surface area contributed by atoms with Crippen molar-refractivity contribution in [2.24, 2.45) is 0 Å². The third-order valence-electron chi connectivity index (χ3n) is 4.40. The van der Waals surface area contributed by atoms with Crippen molar-refractivity contribution in [2.45, 2.75) is 38.0 Å². The maximum atomic E-state index is 10.7. The minimum atomic E-state index is -0.590. The van der Waals surface area contributed by atoms with E-state index >= 15 is 0 Å². The molecule has 2 aromatic rings. The summed E-state index contributed by atoms with van der Waals surface area (Å²) in [5.74, 6) is 0.604. The van der Waals surface area contributed by atoms with E-state index in [-0.39, 0.29) is 10.6 Å². The second-order valence-corrected chi connectivity index (χ2v) is 5.96. The molecular formula is C17H20N2O4. The van der Waals surface area contributed by atoms with E-state index < -0.39 is 6.10 Å². The van der Waals surface area contributed by atoms with Gasteiger partial charge in [-0.1, -0.05) is 12.1 Å². The smallest absolute Gasteiger partial charge is 0.269 e. The first-order valence-corrected chi connectivity index (χ1v) is 7.82.